The molecule has 24 heavy (non-hydrogen) atoms. The van der Waals surface area contributed by atoms with Gasteiger partial charge in [0.15, 0.2) is 0 Å². The molecule has 2 nitrogen and oxygen atoms in total. The van der Waals surface area contributed by atoms with Crippen molar-refractivity contribution >= 4 is 28.9 Å². The molecular formula is C20H17Cl2NO. The Morgan fingerprint density at radius 2 is 1.62 bits per heavy atom. The molecule has 3 rings (SSSR count). The molecule has 0 aliphatic heterocycles. The van der Waals surface area contributed by atoms with E-state index in [1.54, 1.807) is 0 Å². The Balaban J connectivity index is 1.68. The van der Waals surface area contributed by atoms with Crippen molar-refractivity contribution < 1.29 is 4.74 Å². The molecular weight excluding hydrogens is 341 g/mol. The lowest BCUT2D eigenvalue weighted by Gasteiger charge is -2.13. The summed E-state index contributed by atoms with van der Waals surface area (Å²) >= 11 is 12.2. The molecule has 0 fully saturated rings. The van der Waals surface area contributed by atoms with Gasteiger partial charge >= 0.3 is 0 Å². The molecule has 0 atom stereocenters. The Hall–Kier alpha value is -2.16. The lowest BCUT2D eigenvalue weighted by atomic mass is 10.2. The Labute approximate surface area is 152 Å². The van der Waals surface area contributed by atoms with Crippen molar-refractivity contribution in [1.82, 2.24) is 0 Å². The van der Waals surface area contributed by atoms with Crippen molar-refractivity contribution in [3.8, 4) is 5.75 Å². The van der Waals surface area contributed by atoms with Gasteiger partial charge in [-0.1, -0.05) is 65.7 Å². The molecule has 0 aliphatic carbocycles. The fraction of sp³-hybridized carbons (Fsp3) is 0.100. The standard InChI is InChI=1S/C20H17Cl2NO/c21-17-8-5-6-15(12-17)14-24-20-11-4-1-7-16(20)13-23-19-10-3-2-9-18(19)22/h1-12,23H,13-14H2. The lowest BCUT2D eigenvalue weighted by Crippen LogP contribution is -2.04. The van der Waals surface area contributed by atoms with E-state index in [9.17, 15) is 0 Å². The summed E-state index contributed by atoms with van der Waals surface area (Å²) in [6, 6.07) is 23.3. The van der Waals surface area contributed by atoms with E-state index < -0.39 is 0 Å². The van der Waals surface area contributed by atoms with Crippen LogP contribution in [-0.2, 0) is 13.2 Å². The van der Waals surface area contributed by atoms with Crippen LogP contribution in [0.4, 0.5) is 5.69 Å². The summed E-state index contributed by atoms with van der Waals surface area (Å²) in [6.07, 6.45) is 0. The average molecular weight is 358 g/mol. The van der Waals surface area contributed by atoms with Gasteiger partial charge in [0.2, 0.25) is 0 Å². The minimum Gasteiger partial charge on any atom is -0.489 e. The van der Waals surface area contributed by atoms with Crippen molar-refractivity contribution in [3.05, 3.63) is 94.0 Å². The van der Waals surface area contributed by atoms with Gasteiger partial charge in [-0.05, 0) is 35.9 Å². The number of hydrogen-bond donors (Lipinski definition) is 1. The summed E-state index contributed by atoms with van der Waals surface area (Å²) in [4.78, 5) is 0. The van der Waals surface area contributed by atoms with Crippen LogP contribution in [0.1, 0.15) is 11.1 Å². The highest BCUT2D eigenvalue weighted by molar-refractivity contribution is 6.33. The molecule has 0 aliphatic rings. The Morgan fingerprint density at radius 3 is 2.46 bits per heavy atom. The third kappa shape index (κ3) is 4.44. The number of para-hydroxylation sites is 2. The zero-order valence-electron chi connectivity index (χ0n) is 13.0. The zero-order chi connectivity index (χ0) is 16.8. The first-order valence-corrected chi connectivity index (χ1v) is 8.41. The number of rotatable bonds is 6. The minimum absolute atomic E-state index is 0.476. The average Bonchev–Trinajstić information content (AvgIpc) is 2.60. The van der Waals surface area contributed by atoms with Gasteiger partial charge in [-0.25, -0.2) is 0 Å². The summed E-state index contributed by atoms with van der Waals surface area (Å²) in [5.41, 5.74) is 3.01. The van der Waals surface area contributed by atoms with Gasteiger partial charge in [0, 0.05) is 17.1 Å². The van der Waals surface area contributed by atoms with Gasteiger partial charge in [-0.15, -0.1) is 0 Å². The van der Waals surface area contributed by atoms with Crippen LogP contribution in [-0.4, -0.2) is 0 Å². The molecule has 0 heterocycles. The number of halogens is 2. The van der Waals surface area contributed by atoms with Crippen LogP contribution < -0.4 is 10.1 Å². The highest BCUT2D eigenvalue weighted by Gasteiger charge is 2.05. The molecule has 0 radical (unpaired) electrons. The first kappa shape index (κ1) is 16.7. The fourth-order valence-corrected chi connectivity index (χ4v) is 2.79. The van der Waals surface area contributed by atoms with E-state index in [0.717, 1.165) is 22.6 Å². The third-order valence-electron chi connectivity index (χ3n) is 3.60. The number of nitrogens with one attached hydrogen (secondary N) is 1. The summed E-state index contributed by atoms with van der Waals surface area (Å²) in [7, 11) is 0. The Morgan fingerprint density at radius 1 is 0.833 bits per heavy atom. The second kappa shape index (κ2) is 8.09. The first-order chi connectivity index (χ1) is 11.7. The van der Waals surface area contributed by atoms with Crippen LogP contribution in [0.2, 0.25) is 10.0 Å². The Kier molecular flexibility index (Phi) is 5.63. The maximum Gasteiger partial charge on any atom is 0.124 e. The van der Waals surface area contributed by atoms with E-state index in [1.165, 1.54) is 0 Å². The SMILES string of the molecule is Clc1cccc(COc2ccccc2CNc2ccccc2Cl)c1. The third-order valence-corrected chi connectivity index (χ3v) is 4.16. The number of hydrogen-bond acceptors (Lipinski definition) is 2. The summed E-state index contributed by atoms with van der Waals surface area (Å²) in [5, 5.41) is 4.76. The van der Waals surface area contributed by atoms with Crippen molar-refractivity contribution in [2.75, 3.05) is 5.32 Å². The lowest BCUT2D eigenvalue weighted by molar-refractivity contribution is 0.303. The van der Waals surface area contributed by atoms with Gasteiger partial charge in [-0.3, -0.25) is 0 Å². The van der Waals surface area contributed by atoms with E-state index in [-0.39, 0.29) is 0 Å². The predicted octanol–water partition coefficient (Wildman–Crippen LogP) is 6.18. The van der Waals surface area contributed by atoms with E-state index in [4.69, 9.17) is 27.9 Å². The second-order valence-corrected chi connectivity index (χ2v) is 6.20. The molecule has 0 saturated heterocycles. The van der Waals surface area contributed by atoms with Crippen molar-refractivity contribution in [2.24, 2.45) is 0 Å². The topological polar surface area (TPSA) is 21.3 Å². The number of ether oxygens (including phenoxy) is 1. The van der Waals surface area contributed by atoms with Gasteiger partial charge < -0.3 is 10.1 Å². The van der Waals surface area contributed by atoms with Crippen LogP contribution >= 0.6 is 23.2 Å². The van der Waals surface area contributed by atoms with Crippen LogP contribution in [0.25, 0.3) is 0 Å². The van der Waals surface area contributed by atoms with Gasteiger partial charge in [0.1, 0.15) is 12.4 Å². The summed E-state index contributed by atoms with van der Waals surface area (Å²) in [5.74, 6) is 0.844. The molecule has 0 spiro atoms. The molecule has 0 saturated carbocycles. The molecule has 0 unspecified atom stereocenters. The largest absolute Gasteiger partial charge is 0.489 e. The molecule has 0 aromatic heterocycles. The predicted molar refractivity (Wildman–Crippen MR) is 101 cm³/mol. The van der Waals surface area contributed by atoms with Gasteiger partial charge in [0.05, 0.1) is 10.7 Å². The minimum atomic E-state index is 0.476. The van der Waals surface area contributed by atoms with Crippen molar-refractivity contribution in [1.29, 1.82) is 0 Å². The van der Waals surface area contributed by atoms with Gasteiger partial charge in [-0.2, -0.15) is 0 Å². The summed E-state index contributed by atoms with van der Waals surface area (Å²) in [6.45, 7) is 1.11. The fourth-order valence-electron chi connectivity index (χ4n) is 2.37. The van der Waals surface area contributed by atoms with Crippen LogP contribution in [0.15, 0.2) is 72.8 Å². The van der Waals surface area contributed by atoms with Crippen LogP contribution in [0, 0.1) is 0 Å². The van der Waals surface area contributed by atoms with E-state index in [1.807, 2.05) is 72.8 Å². The highest BCUT2D eigenvalue weighted by atomic mass is 35.5. The highest BCUT2D eigenvalue weighted by Crippen LogP contribution is 2.24. The quantitative estimate of drug-likeness (QED) is 0.568. The van der Waals surface area contributed by atoms with Crippen LogP contribution in [0.3, 0.4) is 0 Å². The molecule has 4 heteroatoms. The number of anilines is 1. The summed E-state index contributed by atoms with van der Waals surface area (Å²) < 4.78 is 5.97. The van der Waals surface area contributed by atoms with E-state index in [0.29, 0.717) is 23.2 Å². The first-order valence-electron chi connectivity index (χ1n) is 7.66. The molecule has 0 bridgehead atoms. The molecule has 1 N–H and O–H groups in total. The van der Waals surface area contributed by atoms with E-state index in [2.05, 4.69) is 5.32 Å². The number of benzene rings is 3. The molecule has 3 aromatic rings. The smallest absolute Gasteiger partial charge is 0.124 e. The van der Waals surface area contributed by atoms with Gasteiger partial charge in [0.25, 0.3) is 0 Å². The normalized spacial score (nSPS) is 10.4. The maximum absolute atomic E-state index is 6.18. The molecule has 3 aromatic carbocycles. The van der Waals surface area contributed by atoms with E-state index >= 15 is 0 Å². The molecule has 0 amide bonds. The van der Waals surface area contributed by atoms with Crippen molar-refractivity contribution in [3.63, 3.8) is 0 Å². The second-order valence-electron chi connectivity index (χ2n) is 5.36. The Bertz CT molecular complexity index is 820. The maximum atomic E-state index is 6.18. The zero-order valence-corrected chi connectivity index (χ0v) is 14.5. The monoisotopic (exact) mass is 357 g/mol. The molecule has 122 valence electrons. The van der Waals surface area contributed by atoms with Crippen LogP contribution in [0.5, 0.6) is 5.75 Å². The van der Waals surface area contributed by atoms with Crippen molar-refractivity contribution in [2.45, 2.75) is 13.2 Å².